The lowest BCUT2D eigenvalue weighted by Gasteiger charge is -2.08. The van der Waals surface area contributed by atoms with E-state index in [1.807, 2.05) is 0 Å². The van der Waals surface area contributed by atoms with E-state index in [9.17, 15) is 4.79 Å². The number of esters is 1. The Hall–Kier alpha value is -0.940. The molecule has 0 amide bonds. The minimum Gasteiger partial charge on any atom is -0.461 e. The zero-order chi connectivity index (χ0) is 9.97. The summed E-state index contributed by atoms with van der Waals surface area (Å²) < 4.78 is 10.1. The summed E-state index contributed by atoms with van der Waals surface area (Å²) in [5.74, 6) is -0.327. The maximum atomic E-state index is 11.3. The monoisotopic (exact) mass is 213 g/mol. The molecule has 0 atom stereocenters. The summed E-state index contributed by atoms with van der Waals surface area (Å²) in [6.07, 6.45) is 0.797. The molecule has 0 spiro atoms. The van der Waals surface area contributed by atoms with Crippen molar-refractivity contribution in [2.75, 3.05) is 13.2 Å². The number of thiazole rings is 1. The van der Waals surface area contributed by atoms with Gasteiger partial charge in [-0.2, -0.15) is 0 Å². The van der Waals surface area contributed by atoms with Crippen molar-refractivity contribution in [1.29, 1.82) is 0 Å². The van der Waals surface area contributed by atoms with Crippen molar-refractivity contribution >= 4 is 17.3 Å². The summed E-state index contributed by atoms with van der Waals surface area (Å²) in [7, 11) is 0. The highest BCUT2D eigenvalue weighted by Crippen LogP contribution is 2.23. The SMILES string of the molecule is CCOC(=O)c1nc2c(s1)COCC2. The zero-order valence-electron chi connectivity index (χ0n) is 7.91. The minimum atomic E-state index is -0.327. The first-order chi connectivity index (χ1) is 6.81. The van der Waals surface area contributed by atoms with Crippen LogP contribution < -0.4 is 0 Å². The van der Waals surface area contributed by atoms with Gasteiger partial charge in [0, 0.05) is 6.42 Å². The molecule has 76 valence electrons. The van der Waals surface area contributed by atoms with Crippen molar-refractivity contribution < 1.29 is 14.3 Å². The Balaban J connectivity index is 2.19. The lowest BCUT2D eigenvalue weighted by atomic mass is 10.2. The van der Waals surface area contributed by atoms with Gasteiger partial charge < -0.3 is 9.47 Å². The van der Waals surface area contributed by atoms with Crippen molar-refractivity contribution in [3.63, 3.8) is 0 Å². The molecular formula is C9H11NO3S. The van der Waals surface area contributed by atoms with Crippen molar-refractivity contribution in [2.45, 2.75) is 20.0 Å². The second-order valence-electron chi connectivity index (χ2n) is 2.91. The molecule has 0 saturated heterocycles. The van der Waals surface area contributed by atoms with Crippen LogP contribution in [0.25, 0.3) is 0 Å². The van der Waals surface area contributed by atoms with E-state index in [-0.39, 0.29) is 5.97 Å². The molecule has 0 unspecified atom stereocenters. The molecule has 2 rings (SSSR count). The third-order valence-corrected chi connectivity index (χ3v) is 3.00. The predicted molar refractivity (Wildman–Crippen MR) is 51.4 cm³/mol. The molecule has 5 heteroatoms. The molecule has 0 bridgehead atoms. The van der Waals surface area contributed by atoms with Gasteiger partial charge in [-0.15, -0.1) is 11.3 Å². The topological polar surface area (TPSA) is 48.4 Å². The van der Waals surface area contributed by atoms with Crippen LogP contribution in [-0.2, 0) is 22.5 Å². The number of ether oxygens (including phenoxy) is 2. The number of fused-ring (bicyclic) bond motifs is 1. The van der Waals surface area contributed by atoms with Gasteiger partial charge in [0.25, 0.3) is 0 Å². The van der Waals surface area contributed by atoms with Gasteiger partial charge >= 0.3 is 5.97 Å². The Morgan fingerprint density at radius 1 is 1.71 bits per heavy atom. The molecule has 0 N–H and O–H groups in total. The van der Waals surface area contributed by atoms with Gasteiger partial charge in [-0.1, -0.05) is 0 Å². The molecule has 1 aromatic rings. The van der Waals surface area contributed by atoms with E-state index in [0.29, 0.717) is 24.8 Å². The van der Waals surface area contributed by atoms with Gasteiger partial charge in [-0.05, 0) is 6.92 Å². The molecule has 0 aromatic carbocycles. The molecule has 0 aliphatic carbocycles. The standard InChI is InChI=1S/C9H11NO3S/c1-2-13-9(11)8-10-6-3-4-12-5-7(6)14-8/h2-5H2,1H3. The summed E-state index contributed by atoms with van der Waals surface area (Å²) in [6, 6.07) is 0. The van der Waals surface area contributed by atoms with Crippen molar-refractivity contribution in [3.8, 4) is 0 Å². The van der Waals surface area contributed by atoms with E-state index in [2.05, 4.69) is 4.98 Å². The molecule has 1 aliphatic heterocycles. The quantitative estimate of drug-likeness (QED) is 0.697. The number of nitrogens with zero attached hydrogens (tertiary/aromatic N) is 1. The normalized spacial score (nSPS) is 14.9. The van der Waals surface area contributed by atoms with Crippen LogP contribution in [0.4, 0.5) is 0 Å². The van der Waals surface area contributed by atoms with Crippen molar-refractivity contribution in [2.24, 2.45) is 0 Å². The van der Waals surface area contributed by atoms with Crippen LogP contribution in [0.3, 0.4) is 0 Å². The summed E-state index contributed by atoms with van der Waals surface area (Å²) in [6.45, 7) is 3.44. The van der Waals surface area contributed by atoms with Gasteiger partial charge in [-0.25, -0.2) is 9.78 Å². The van der Waals surface area contributed by atoms with E-state index in [0.717, 1.165) is 17.0 Å². The zero-order valence-corrected chi connectivity index (χ0v) is 8.73. The maximum absolute atomic E-state index is 11.3. The molecule has 0 radical (unpaired) electrons. The third-order valence-electron chi connectivity index (χ3n) is 1.94. The fraction of sp³-hybridized carbons (Fsp3) is 0.556. The smallest absolute Gasteiger partial charge is 0.367 e. The number of carbonyl (C=O) groups excluding carboxylic acids is 1. The van der Waals surface area contributed by atoms with Crippen molar-refractivity contribution in [3.05, 3.63) is 15.6 Å². The molecule has 0 saturated carbocycles. The molecule has 1 aromatic heterocycles. The van der Waals surface area contributed by atoms with Gasteiger partial charge in [0.1, 0.15) is 0 Å². The Morgan fingerprint density at radius 2 is 2.57 bits per heavy atom. The van der Waals surface area contributed by atoms with Crippen LogP contribution in [0.5, 0.6) is 0 Å². The first-order valence-corrected chi connectivity index (χ1v) is 5.36. The highest BCUT2D eigenvalue weighted by atomic mass is 32.1. The van der Waals surface area contributed by atoms with E-state index in [4.69, 9.17) is 9.47 Å². The van der Waals surface area contributed by atoms with E-state index in [1.54, 1.807) is 6.92 Å². The second kappa shape index (κ2) is 4.06. The summed E-state index contributed by atoms with van der Waals surface area (Å²) in [5.41, 5.74) is 0.990. The van der Waals surface area contributed by atoms with Gasteiger partial charge in [0.05, 0.1) is 30.4 Å². The molecule has 4 nitrogen and oxygen atoms in total. The van der Waals surface area contributed by atoms with Crippen molar-refractivity contribution in [1.82, 2.24) is 4.98 Å². The largest absolute Gasteiger partial charge is 0.461 e. The molecule has 1 aliphatic rings. The van der Waals surface area contributed by atoms with Gasteiger partial charge in [-0.3, -0.25) is 0 Å². The number of hydrogen-bond acceptors (Lipinski definition) is 5. The lowest BCUT2D eigenvalue weighted by molar-refractivity contribution is 0.0525. The average Bonchev–Trinajstić information content (AvgIpc) is 2.61. The number of hydrogen-bond donors (Lipinski definition) is 0. The number of rotatable bonds is 2. The van der Waals surface area contributed by atoms with E-state index in [1.165, 1.54) is 11.3 Å². The molecule has 14 heavy (non-hydrogen) atoms. The molecule has 2 heterocycles. The fourth-order valence-corrected chi connectivity index (χ4v) is 2.24. The summed E-state index contributed by atoms with van der Waals surface area (Å²) in [5, 5.41) is 0.447. The maximum Gasteiger partial charge on any atom is 0.367 e. The van der Waals surface area contributed by atoms with Crippen LogP contribution in [0, 0.1) is 0 Å². The van der Waals surface area contributed by atoms with Crippen LogP contribution in [0.15, 0.2) is 0 Å². The van der Waals surface area contributed by atoms with Gasteiger partial charge in [0.15, 0.2) is 0 Å². The third kappa shape index (κ3) is 1.78. The lowest BCUT2D eigenvalue weighted by Crippen LogP contribution is -2.08. The van der Waals surface area contributed by atoms with Crippen LogP contribution in [0.1, 0.15) is 27.3 Å². The molecular weight excluding hydrogens is 202 g/mol. The Labute approximate surface area is 85.9 Å². The van der Waals surface area contributed by atoms with Crippen LogP contribution in [0.2, 0.25) is 0 Å². The summed E-state index contributed by atoms with van der Waals surface area (Å²) in [4.78, 5) is 16.6. The first-order valence-electron chi connectivity index (χ1n) is 4.54. The highest BCUT2D eigenvalue weighted by molar-refractivity contribution is 7.13. The van der Waals surface area contributed by atoms with Gasteiger partial charge in [0.2, 0.25) is 5.01 Å². The van der Waals surface area contributed by atoms with Crippen LogP contribution >= 0.6 is 11.3 Å². The Kier molecular flexibility index (Phi) is 2.79. The van der Waals surface area contributed by atoms with E-state index < -0.39 is 0 Å². The second-order valence-corrected chi connectivity index (χ2v) is 4.00. The highest BCUT2D eigenvalue weighted by Gasteiger charge is 2.19. The number of aromatic nitrogens is 1. The van der Waals surface area contributed by atoms with Crippen LogP contribution in [-0.4, -0.2) is 24.2 Å². The molecule has 0 fully saturated rings. The Bertz CT molecular complexity index is 324. The minimum absolute atomic E-state index is 0.327. The number of carbonyl (C=O) groups is 1. The fourth-order valence-electron chi connectivity index (χ4n) is 1.31. The first kappa shape index (κ1) is 9.61. The average molecular weight is 213 g/mol. The summed E-state index contributed by atoms with van der Waals surface area (Å²) >= 11 is 1.37. The predicted octanol–water partition coefficient (Wildman–Crippen LogP) is 1.39. The van der Waals surface area contributed by atoms with E-state index >= 15 is 0 Å². The Morgan fingerprint density at radius 3 is 3.29 bits per heavy atom.